The van der Waals surface area contributed by atoms with Gasteiger partial charge in [0.05, 0.1) is 24.7 Å². The normalized spacial score (nSPS) is 20.1. The van der Waals surface area contributed by atoms with Crippen molar-refractivity contribution in [2.45, 2.75) is 43.1 Å². The first-order chi connectivity index (χ1) is 17.2. The summed E-state index contributed by atoms with van der Waals surface area (Å²) >= 11 is 1.20. The van der Waals surface area contributed by atoms with Crippen LogP contribution in [-0.4, -0.2) is 49.9 Å². The van der Waals surface area contributed by atoms with Gasteiger partial charge >= 0.3 is 5.69 Å². The minimum Gasteiger partial charge on any atom is -0.467 e. The fraction of sp³-hybridized carbons (Fsp3) is 0.333. The van der Waals surface area contributed by atoms with Crippen molar-refractivity contribution in [2.75, 3.05) is 12.4 Å². The summed E-state index contributed by atoms with van der Waals surface area (Å²) in [4.78, 5) is 25.6. The Balaban J connectivity index is 1.22. The van der Waals surface area contributed by atoms with Gasteiger partial charge in [0.25, 0.3) is 5.91 Å². The van der Waals surface area contributed by atoms with Gasteiger partial charge in [0, 0.05) is 18.4 Å². The van der Waals surface area contributed by atoms with Crippen molar-refractivity contribution >= 4 is 34.3 Å². The van der Waals surface area contributed by atoms with Gasteiger partial charge in [-0.3, -0.25) is 9.36 Å². The van der Waals surface area contributed by atoms with Crippen molar-refractivity contribution in [3.63, 3.8) is 0 Å². The molecule has 2 atom stereocenters. The van der Waals surface area contributed by atoms with Crippen LogP contribution in [0.2, 0.25) is 0 Å². The number of benzene rings is 1. The third-order valence-electron chi connectivity index (χ3n) is 6.21. The molecule has 2 unspecified atom stereocenters. The van der Waals surface area contributed by atoms with Gasteiger partial charge in [-0.25, -0.2) is 14.9 Å². The van der Waals surface area contributed by atoms with Crippen LogP contribution in [0.1, 0.15) is 36.8 Å². The molecule has 0 spiro atoms. The molecule has 2 aliphatic rings. The average molecular weight is 494 g/mol. The second-order valence-electron chi connectivity index (χ2n) is 8.51. The molecular weight excluding hydrogens is 470 g/mol. The van der Waals surface area contributed by atoms with E-state index in [4.69, 9.17) is 13.6 Å². The SMILES string of the molecule is O=C(CSc1n[nH]c(=O)n1CC1CCCO1)N1N=C(c2cc3ccccc3o2)CC1c1ccco1. The van der Waals surface area contributed by atoms with Gasteiger partial charge in [-0.2, -0.15) is 5.10 Å². The predicted octanol–water partition coefficient (Wildman–Crippen LogP) is 3.56. The lowest BCUT2D eigenvalue weighted by Crippen LogP contribution is -2.29. The molecular formula is C24H23N5O5S. The Morgan fingerprint density at radius 3 is 2.94 bits per heavy atom. The average Bonchev–Trinajstić information content (AvgIpc) is 3.69. The summed E-state index contributed by atoms with van der Waals surface area (Å²) in [6.07, 6.45) is 3.92. The first kappa shape index (κ1) is 21.9. The minimum absolute atomic E-state index is 0.0155. The van der Waals surface area contributed by atoms with Crippen LogP contribution < -0.4 is 5.69 Å². The van der Waals surface area contributed by atoms with Crippen LogP contribution in [0.3, 0.4) is 0 Å². The van der Waals surface area contributed by atoms with Crippen molar-refractivity contribution < 1.29 is 18.4 Å². The molecule has 0 radical (unpaired) electrons. The quantitative estimate of drug-likeness (QED) is 0.391. The number of hydrogen-bond acceptors (Lipinski definition) is 8. The van der Waals surface area contributed by atoms with Crippen LogP contribution in [0.5, 0.6) is 0 Å². The zero-order valence-corrected chi connectivity index (χ0v) is 19.6. The summed E-state index contributed by atoms with van der Waals surface area (Å²) < 4.78 is 18.8. The molecule has 180 valence electrons. The van der Waals surface area contributed by atoms with E-state index in [-0.39, 0.29) is 29.5 Å². The van der Waals surface area contributed by atoms with E-state index in [2.05, 4.69) is 15.3 Å². The molecule has 10 nitrogen and oxygen atoms in total. The summed E-state index contributed by atoms with van der Waals surface area (Å²) in [5.41, 5.74) is 1.13. The molecule has 1 N–H and O–H groups in total. The highest BCUT2D eigenvalue weighted by atomic mass is 32.2. The Bertz CT molecular complexity index is 1400. The number of hydrogen-bond donors (Lipinski definition) is 1. The zero-order valence-electron chi connectivity index (χ0n) is 18.8. The van der Waals surface area contributed by atoms with E-state index in [0.29, 0.717) is 42.0 Å². The van der Waals surface area contributed by atoms with Gasteiger partial charge in [-0.1, -0.05) is 30.0 Å². The van der Waals surface area contributed by atoms with Crippen molar-refractivity contribution in [1.29, 1.82) is 0 Å². The molecule has 1 amide bonds. The maximum Gasteiger partial charge on any atom is 0.344 e. The largest absolute Gasteiger partial charge is 0.467 e. The van der Waals surface area contributed by atoms with Crippen LogP contribution in [0.15, 0.2) is 72.6 Å². The summed E-state index contributed by atoms with van der Waals surface area (Å²) in [6, 6.07) is 12.9. The van der Waals surface area contributed by atoms with Crippen molar-refractivity contribution in [3.05, 3.63) is 70.7 Å². The number of para-hydroxylation sites is 1. The molecule has 0 saturated carbocycles. The second-order valence-corrected chi connectivity index (χ2v) is 9.46. The Morgan fingerprint density at radius 1 is 1.23 bits per heavy atom. The van der Waals surface area contributed by atoms with E-state index < -0.39 is 0 Å². The Labute approximate surface area is 203 Å². The molecule has 1 saturated heterocycles. The van der Waals surface area contributed by atoms with Crippen LogP contribution in [0.25, 0.3) is 11.0 Å². The molecule has 5 heterocycles. The van der Waals surface area contributed by atoms with Crippen LogP contribution in [0.4, 0.5) is 0 Å². The highest BCUT2D eigenvalue weighted by Crippen LogP contribution is 2.35. The number of ether oxygens (including phenoxy) is 1. The number of aromatic amines is 1. The maximum atomic E-state index is 13.3. The van der Waals surface area contributed by atoms with E-state index >= 15 is 0 Å². The number of carbonyl (C=O) groups is 1. The van der Waals surface area contributed by atoms with Crippen LogP contribution >= 0.6 is 11.8 Å². The molecule has 6 rings (SSSR count). The molecule has 4 aromatic rings. The van der Waals surface area contributed by atoms with Gasteiger partial charge in [0.2, 0.25) is 0 Å². The Morgan fingerprint density at radius 2 is 2.14 bits per heavy atom. The van der Waals surface area contributed by atoms with Gasteiger partial charge in [0.15, 0.2) is 10.9 Å². The molecule has 11 heteroatoms. The lowest BCUT2D eigenvalue weighted by Gasteiger charge is -2.19. The van der Waals surface area contributed by atoms with E-state index in [1.807, 2.05) is 36.4 Å². The maximum absolute atomic E-state index is 13.3. The molecule has 2 aliphatic heterocycles. The number of nitrogens with zero attached hydrogens (tertiary/aromatic N) is 4. The van der Waals surface area contributed by atoms with E-state index in [1.165, 1.54) is 21.3 Å². The standard InChI is InChI=1S/C24H23N5O5S/c30-22(14-35-24-26-25-23(31)28(24)13-16-6-3-9-32-16)29-18(20-8-4-10-33-20)12-17(27-29)21-11-15-5-1-2-7-19(15)34-21/h1-2,4-5,7-8,10-11,16,18H,3,6,9,12-14H2,(H,25,31). The number of aromatic nitrogens is 3. The predicted molar refractivity (Wildman–Crippen MR) is 128 cm³/mol. The van der Waals surface area contributed by atoms with E-state index in [9.17, 15) is 9.59 Å². The first-order valence-corrected chi connectivity index (χ1v) is 12.5. The fourth-order valence-corrected chi connectivity index (χ4v) is 5.28. The summed E-state index contributed by atoms with van der Waals surface area (Å²) in [7, 11) is 0. The second kappa shape index (κ2) is 9.23. The van der Waals surface area contributed by atoms with Crippen molar-refractivity contribution in [1.82, 2.24) is 19.8 Å². The van der Waals surface area contributed by atoms with E-state index in [0.717, 1.165) is 23.8 Å². The third-order valence-corrected chi connectivity index (χ3v) is 7.17. The lowest BCUT2D eigenvalue weighted by atomic mass is 10.1. The monoisotopic (exact) mass is 493 g/mol. The third kappa shape index (κ3) is 4.32. The number of thioether (sulfide) groups is 1. The lowest BCUT2D eigenvalue weighted by molar-refractivity contribution is -0.130. The topological polar surface area (TPSA) is 119 Å². The highest BCUT2D eigenvalue weighted by molar-refractivity contribution is 7.99. The zero-order chi connectivity index (χ0) is 23.8. The number of H-pyrrole nitrogens is 1. The van der Waals surface area contributed by atoms with Gasteiger partial charge < -0.3 is 13.6 Å². The number of furan rings is 2. The fourth-order valence-electron chi connectivity index (χ4n) is 4.47. The van der Waals surface area contributed by atoms with E-state index in [1.54, 1.807) is 12.3 Å². The highest BCUT2D eigenvalue weighted by Gasteiger charge is 2.36. The number of hydrazone groups is 1. The number of nitrogens with one attached hydrogen (secondary N) is 1. The molecule has 1 aromatic carbocycles. The van der Waals surface area contributed by atoms with Gasteiger partial charge in [0.1, 0.15) is 23.1 Å². The van der Waals surface area contributed by atoms with Crippen LogP contribution in [-0.2, 0) is 16.1 Å². The van der Waals surface area contributed by atoms with Crippen LogP contribution in [0, 0.1) is 0 Å². The Kier molecular flexibility index (Phi) is 5.78. The van der Waals surface area contributed by atoms with Gasteiger partial charge in [-0.05, 0) is 37.1 Å². The number of carbonyl (C=O) groups excluding carboxylic acids is 1. The van der Waals surface area contributed by atoms with Crippen molar-refractivity contribution in [2.24, 2.45) is 5.10 Å². The summed E-state index contributed by atoms with van der Waals surface area (Å²) in [6.45, 7) is 1.12. The number of fused-ring (bicyclic) bond motifs is 1. The molecule has 0 aliphatic carbocycles. The first-order valence-electron chi connectivity index (χ1n) is 11.5. The van der Waals surface area contributed by atoms with Crippen molar-refractivity contribution in [3.8, 4) is 0 Å². The smallest absolute Gasteiger partial charge is 0.344 e. The summed E-state index contributed by atoms with van der Waals surface area (Å²) in [5.74, 6) is 1.11. The molecule has 3 aromatic heterocycles. The molecule has 35 heavy (non-hydrogen) atoms. The number of rotatable bonds is 7. The molecule has 0 bridgehead atoms. The Hall–Kier alpha value is -3.57. The minimum atomic E-state index is -0.380. The summed E-state index contributed by atoms with van der Waals surface area (Å²) in [5, 5.41) is 14.1. The number of amides is 1. The van der Waals surface area contributed by atoms with Gasteiger partial charge in [-0.15, -0.1) is 5.10 Å². The molecule has 1 fully saturated rings.